The van der Waals surface area contributed by atoms with Gasteiger partial charge in [-0.1, -0.05) is 66.5 Å². The smallest absolute Gasteiger partial charge is 0.411 e. The van der Waals surface area contributed by atoms with E-state index < -0.39 is 36.4 Å². The summed E-state index contributed by atoms with van der Waals surface area (Å²) >= 11 is 1.82. The highest BCUT2D eigenvalue weighted by Crippen LogP contribution is 2.45. The molecule has 2 aromatic carbocycles. The van der Waals surface area contributed by atoms with Crippen LogP contribution in [0.1, 0.15) is 62.2 Å². The molecule has 6 unspecified atom stereocenters. The van der Waals surface area contributed by atoms with Crippen LogP contribution < -0.4 is 21.3 Å². The van der Waals surface area contributed by atoms with Crippen LogP contribution in [0.4, 0.5) is 9.59 Å². The molecule has 0 saturated carbocycles. The number of benzene rings is 2. The highest BCUT2D eigenvalue weighted by molar-refractivity contribution is 8.00. The summed E-state index contributed by atoms with van der Waals surface area (Å²) in [5.41, 5.74) is 12.2. The van der Waals surface area contributed by atoms with Gasteiger partial charge in [0.1, 0.15) is 6.04 Å². The lowest BCUT2D eigenvalue weighted by atomic mass is 10.0. The molecule has 0 radical (unpaired) electrons. The maximum absolute atomic E-state index is 13.5. The Morgan fingerprint density at radius 3 is 2.35 bits per heavy atom. The number of rotatable bonds is 18. The number of nitrogens with zero attached hydrogens (tertiary/aromatic N) is 4. The van der Waals surface area contributed by atoms with Crippen molar-refractivity contribution in [1.82, 2.24) is 26.2 Å². The van der Waals surface area contributed by atoms with Gasteiger partial charge in [-0.2, -0.15) is 11.8 Å². The van der Waals surface area contributed by atoms with Crippen LogP contribution in [-0.4, -0.2) is 107 Å². The van der Waals surface area contributed by atoms with E-state index in [4.69, 9.17) is 10.3 Å². The van der Waals surface area contributed by atoms with Crippen LogP contribution in [0, 0.1) is 0 Å². The molecular formula is C35H46N8O7S. The van der Waals surface area contributed by atoms with Gasteiger partial charge < -0.3 is 36.2 Å². The van der Waals surface area contributed by atoms with Gasteiger partial charge >= 0.3 is 12.1 Å². The molecule has 2 heterocycles. The normalized spacial score (nSPS) is 20.4. The molecule has 6 atom stereocenters. The van der Waals surface area contributed by atoms with Crippen LogP contribution in [0.15, 0.2) is 53.6 Å². The van der Waals surface area contributed by atoms with Crippen LogP contribution in [0.2, 0.25) is 0 Å². The van der Waals surface area contributed by atoms with Crippen molar-refractivity contribution in [3.63, 3.8) is 0 Å². The Labute approximate surface area is 300 Å². The number of ether oxygens (including phenoxy) is 1. The number of thioether (sulfide) groups is 1. The number of azide groups is 1. The first kappa shape index (κ1) is 37.7. The molecule has 0 aromatic heterocycles. The Balaban J connectivity index is 1.08. The van der Waals surface area contributed by atoms with Crippen LogP contribution in [0.25, 0.3) is 21.6 Å². The first-order chi connectivity index (χ1) is 24.7. The van der Waals surface area contributed by atoms with Gasteiger partial charge in [-0.15, -0.1) is 0 Å². The number of likely N-dealkylation sites (N-methyl/N-ethyl adjacent to an activating group) is 1. The zero-order chi connectivity index (χ0) is 36.3. The van der Waals surface area contributed by atoms with Crippen molar-refractivity contribution >= 4 is 35.7 Å². The predicted molar refractivity (Wildman–Crippen MR) is 192 cm³/mol. The second-order valence-corrected chi connectivity index (χ2v) is 14.3. The zero-order valence-electron chi connectivity index (χ0n) is 28.6. The lowest BCUT2D eigenvalue weighted by molar-refractivity contribution is -0.127. The molecule has 16 heteroatoms. The summed E-state index contributed by atoms with van der Waals surface area (Å²) in [7, 11) is 1.47. The molecule has 2 aliphatic heterocycles. The average Bonchev–Trinajstić information content (AvgIpc) is 3.79. The third-order valence-corrected chi connectivity index (χ3v) is 11.1. The number of carbonyl (C=O) groups excluding carboxylic acids is 4. The standard InChI is InChI=1S/C35H46N8O7S/c1-43(35(49)50-32-23-12-4-2-10-21(23)22-11-3-5-13-24(22)32)26(14-8-9-17-39-42-36)33(47)38-19-28(45)27(44)18-37-30(46)16-7-6-15-29-31-25(20-51-29)40-34(48)41-31/h2-5,10-13,25-29,31-32,44-45H,6-9,14-20H2,1H3,(H,37,46)(H,38,47)(H2,40,41,48). The largest absolute Gasteiger partial charge is 0.436 e. The summed E-state index contributed by atoms with van der Waals surface area (Å²) < 4.78 is 5.99. The van der Waals surface area contributed by atoms with E-state index in [-0.39, 0.29) is 56.5 Å². The highest BCUT2D eigenvalue weighted by atomic mass is 32.2. The molecule has 5 rings (SSSR count). The van der Waals surface area contributed by atoms with Crippen molar-refractivity contribution in [2.45, 2.75) is 86.6 Å². The number of aliphatic hydroxyl groups is 2. The number of aliphatic hydroxyl groups excluding tert-OH is 2. The number of amides is 5. The fourth-order valence-electron chi connectivity index (χ4n) is 6.79. The topological polar surface area (TPSA) is 218 Å². The zero-order valence-corrected chi connectivity index (χ0v) is 29.4. The van der Waals surface area contributed by atoms with Gasteiger partial charge in [-0.3, -0.25) is 14.5 Å². The number of fused-ring (bicyclic) bond motifs is 4. The molecule has 3 aliphatic rings. The van der Waals surface area contributed by atoms with E-state index in [2.05, 4.69) is 31.3 Å². The minimum atomic E-state index is -1.38. The Bertz CT molecular complexity index is 1560. The number of nitrogens with one attached hydrogen (secondary N) is 4. The van der Waals surface area contributed by atoms with E-state index in [1.807, 2.05) is 60.3 Å². The molecule has 6 N–H and O–H groups in total. The molecule has 2 aromatic rings. The third-order valence-electron chi connectivity index (χ3n) is 9.62. The van der Waals surface area contributed by atoms with E-state index in [9.17, 15) is 29.4 Å². The lowest BCUT2D eigenvalue weighted by Crippen LogP contribution is -2.51. The maximum atomic E-state index is 13.5. The van der Waals surface area contributed by atoms with E-state index in [0.717, 1.165) is 40.8 Å². The minimum absolute atomic E-state index is 0.121. The molecule has 274 valence electrons. The van der Waals surface area contributed by atoms with E-state index in [1.165, 1.54) is 11.9 Å². The SMILES string of the molecule is CN(C(=O)OC1c2ccccc2-c2ccccc21)C(CCCCN=[N+]=[N-])C(=O)NCC(O)C(O)CNC(=O)CCCCC1SCC2NC(=O)NC21. The molecule has 0 spiro atoms. The van der Waals surface area contributed by atoms with E-state index in [0.29, 0.717) is 24.5 Å². The van der Waals surface area contributed by atoms with Crippen LogP contribution >= 0.6 is 11.8 Å². The van der Waals surface area contributed by atoms with E-state index in [1.54, 1.807) is 0 Å². The first-order valence-corrected chi connectivity index (χ1v) is 18.4. The summed E-state index contributed by atoms with van der Waals surface area (Å²) in [5.74, 6) is 0.0653. The monoisotopic (exact) mass is 722 g/mol. The summed E-state index contributed by atoms with van der Waals surface area (Å²) in [5, 5.41) is 36.1. The van der Waals surface area contributed by atoms with Crippen LogP contribution in [0.3, 0.4) is 0 Å². The molecule has 0 bridgehead atoms. The summed E-state index contributed by atoms with van der Waals surface area (Å²) in [4.78, 5) is 54.9. The fraction of sp³-hybridized carbons (Fsp3) is 0.543. The third kappa shape index (κ3) is 9.64. The number of urea groups is 1. The van der Waals surface area contributed by atoms with Gasteiger partial charge in [0.2, 0.25) is 11.8 Å². The van der Waals surface area contributed by atoms with Gasteiger partial charge in [0.15, 0.2) is 6.10 Å². The van der Waals surface area contributed by atoms with Gasteiger partial charge in [-0.05, 0) is 42.3 Å². The highest BCUT2D eigenvalue weighted by Gasteiger charge is 2.42. The van der Waals surface area contributed by atoms with Crippen molar-refractivity contribution in [3.05, 3.63) is 70.1 Å². The van der Waals surface area contributed by atoms with Gasteiger partial charge in [0.25, 0.3) is 0 Å². The molecule has 15 nitrogen and oxygen atoms in total. The summed E-state index contributed by atoms with van der Waals surface area (Å²) in [6.07, 6.45) is -0.279. The Morgan fingerprint density at radius 1 is 1.00 bits per heavy atom. The van der Waals surface area contributed by atoms with Crippen molar-refractivity contribution in [2.75, 3.05) is 32.4 Å². The quantitative estimate of drug-likeness (QED) is 0.0440. The number of unbranched alkanes of at least 4 members (excludes halogenated alkanes) is 2. The van der Waals surface area contributed by atoms with Gasteiger partial charge in [-0.25, -0.2) is 9.59 Å². The molecule has 1 aliphatic carbocycles. The fourth-order valence-corrected chi connectivity index (χ4v) is 8.33. The van der Waals surface area contributed by atoms with Crippen molar-refractivity contribution in [3.8, 4) is 11.1 Å². The molecular weight excluding hydrogens is 677 g/mol. The second kappa shape index (κ2) is 18.1. The van der Waals surface area contributed by atoms with Crippen molar-refractivity contribution in [2.24, 2.45) is 5.11 Å². The molecule has 5 amide bonds. The lowest BCUT2D eigenvalue weighted by Gasteiger charge is -2.29. The molecule has 2 fully saturated rings. The van der Waals surface area contributed by atoms with E-state index >= 15 is 0 Å². The number of hydrogen-bond donors (Lipinski definition) is 6. The van der Waals surface area contributed by atoms with Crippen molar-refractivity contribution < 1.29 is 34.1 Å². The summed E-state index contributed by atoms with van der Waals surface area (Å²) in [6.45, 7) is -0.276. The van der Waals surface area contributed by atoms with Gasteiger partial charge in [0.05, 0.1) is 24.3 Å². The molecule has 51 heavy (non-hydrogen) atoms. The second-order valence-electron chi connectivity index (χ2n) is 13.1. The van der Waals surface area contributed by atoms with Gasteiger partial charge in [0, 0.05) is 60.1 Å². The Kier molecular flexibility index (Phi) is 13.4. The Hall–Kier alpha value is -4.50. The predicted octanol–water partition coefficient (Wildman–Crippen LogP) is 3.35. The summed E-state index contributed by atoms with van der Waals surface area (Å²) in [6, 6.07) is 14.5. The minimum Gasteiger partial charge on any atom is -0.436 e. The van der Waals surface area contributed by atoms with Crippen LogP contribution in [0.5, 0.6) is 0 Å². The average molecular weight is 723 g/mol. The Morgan fingerprint density at radius 2 is 1.67 bits per heavy atom. The number of hydrogen-bond acceptors (Lipinski definition) is 9. The van der Waals surface area contributed by atoms with Crippen molar-refractivity contribution in [1.29, 1.82) is 0 Å². The number of carbonyl (C=O) groups is 4. The first-order valence-electron chi connectivity index (χ1n) is 17.4. The maximum Gasteiger partial charge on any atom is 0.411 e. The molecule has 2 saturated heterocycles. The van der Waals surface area contributed by atoms with Crippen LogP contribution in [-0.2, 0) is 14.3 Å².